The van der Waals surface area contributed by atoms with Crippen LogP contribution in [-0.4, -0.2) is 17.7 Å². The Balaban J connectivity index is 2.63. The normalized spacial score (nSPS) is 10.1. The zero-order valence-corrected chi connectivity index (χ0v) is 8.19. The first kappa shape index (κ1) is 10.7. The zero-order valence-electron chi connectivity index (χ0n) is 8.19. The summed E-state index contributed by atoms with van der Waals surface area (Å²) in [5, 5.41) is 8.60. The van der Waals surface area contributed by atoms with Crippen molar-refractivity contribution in [2.75, 3.05) is 6.61 Å². The minimum atomic E-state index is -0.807. The fraction of sp³-hybridized carbons (Fsp3) is 0.364. The van der Waals surface area contributed by atoms with Crippen LogP contribution in [0.25, 0.3) is 0 Å². The van der Waals surface area contributed by atoms with Gasteiger partial charge in [0.15, 0.2) is 0 Å². The SMILES string of the molecule is CCOCc1cccc(CC(=O)O)c1. The average molecular weight is 194 g/mol. The molecule has 0 aliphatic rings. The van der Waals surface area contributed by atoms with Crippen LogP contribution >= 0.6 is 0 Å². The van der Waals surface area contributed by atoms with Gasteiger partial charge in [0.2, 0.25) is 0 Å². The minimum Gasteiger partial charge on any atom is -0.481 e. The van der Waals surface area contributed by atoms with Crippen LogP contribution in [0.4, 0.5) is 0 Å². The predicted octanol–water partition coefficient (Wildman–Crippen LogP) is 1.85. The molecule has 0 aromatic heterocycles. The lowest BCUT2D eigenvalue weighted by Crippen LogP contribution is -2.01. The van der Waals surface area contributed by atoms with E-state index in [2.05, 4.69) is 0 Å². The number of ether oxygens (including phenoxy) is 1. The van der Waals surface area contributed by atoms with E-state index in [-0.39, 0.29) is 6.42 Å². The Morgan fingerprint density at radius 2 is 2.14 bits per heavy atom. The molecule has 3 heteroatoms. The van der Waals surface area contributed by atoms with Crippen molar-refractivity contribution in [3.8, 4) is 0 Å². The lowest BCUT2D eigenvalue weighted by molar-refractivity contribution is -0.136. The lowest BCUT2D eigenvalue weighted by Gasteiger charge is -2.03. The Labute approximate surface area is 83.3 Å². The van der Waals surface area contributed by atoms with Gasteiger partial charge in [0.05, 0.1) is 13.0 Å². The molecule has 0 aliphatic heterocycles. The van der Waals surface area contributed by atoms with Gasteiger partial charge < -0.3 is 9.84 Å². The van der Waals surface area contributed by atoms with Gasteiger partial charge in [0.1, 0.15) is 0 Å². The van der Waals surface area contributed by atoms with E-state index in [1.807, 2.05) is 31.2 Å². The third kappa shape index (κ3) is 3.58. The standard InChI is InChI=1S/C11H14O3/c1-2-14-8-10-5-3-4-9(6-10)7-11(12)13/h3-6H,2,7-8H2,1H3,(H,12,13). The first-order valence-corrected chi connectivity index (χ1v) is 4.59. The largest absolute Gasteiger partial charge is 0.481 e. The van der Waals surface area contributed by atoms with Gasteiger partial charge in [-0.25, -0.2) is 0 Å². The fourth-order valence-electron chi connectivity index (χ4n) is 1.22. The van der Waals surface area contributed by atoms with Crippen LogP contribution in [0, 0.1) is 0 Å². The Morgan fingerprint density at radius 1 is 1.43 bits per heavy atom. The minimum absolute atomic E-state index is 0.0694. The van der Waals surface area contributed by atoms with Gasteiger partial charge in [-0.2, -0.15) is 0 Å². The number of hydrogen-bond donors (Lipinski definition) is 1. The second-order valence-corrected chi connectivity index (χ2v) is 3.03. The maximum atomic E-state index is 10.5. The van der Waals surface area contributed by atoms with E-state index in [0.29, 0.717) is 13.2 Å². The van der Waals surface area contributed by atoms with Gasteiger partial charge in [-0.1, -0.05) is 24.3 Å². The Kier molecular flexibility index (Phi) is 4.13. The van der Waals surface area contributed by atoms with Crippen molar-refractivity contribution in [3.05, 3.63) is 35.4 Å². The molecule has 0 aliphatic carbocycles. The van der Waals surface area contributed by atoms with Crippen molar-refractivity contribution < 1.29 is 14.6 Å². The van der Waals surface area contributed by atoms with E-state index in [1.165, 1.54) is 0 Å². The predicted molar refractivity (Wildman–Crippen MR) is 53.1 cm³/mol. The summed E-state index contributed by atoms with van der Waals surface area (Å²) in [5.41, 5.74) is 1.83. The van der Waals surface area contributed by atoms with Crippen LogP contribution in [0.2, 0.25) is 0 Å². The zero-order chi connectivity index (χ0) is 10.4. The quantitative estimate of drug-likeness (QED) is 0.778. The summed E-state index contributed by atoms with van der Waals surface area (Å²) in [6.45, 7) is 3.15. The van der Waals surface area contributed by atoms with E-state index in [9.17, 15) is 4.79 Å². The number of carbonyl (C=O) groups is 1. The monoisotopic (exact) mass is 194 g/mol. The van der Waals surface area contributed by atoms with E-state index < -0.39 is 5.97 Å². The smallest absolute Gasteiger partial charge is 0.307 e. The van der Waals surface area contributed by atoms with Crippen molar-refractivity contribution in [2.45, 2.75) is 20.0 Å². The van der Waals surface area contributed by atoms with E-state index in [4.69, 9.17) is 9.84 Å². The molecule has 0 amide bonds. The summed E-state index contributed by atoms with van der Waals surface area (Å²) in [5.74, 6) is -0.807. The molecule has 0 saturated heterocycles. The highest BCUT2D eigenvalue weighted by Crippen LogP contribution is 2.07. The van der Waals surface area contributed by atoms with Gasteiger partial charge in [0, 0.05) is 6.61 Å². The first-order chi connectivity index (χ1) is 6.72. The van der Waals surface area contributed by atoms with Crippen LogP contribution in [0.1, 0.15) is 18.1 Å². The summed E-state index contributed by atoms with van der Waals surface area (Å²) in [6, 6.07) is 7.46. The third-order valence-corrected chi connectivity index (χ3v) is 1.82. The third-order valence-electron chi connectivity index (χ3n) is 1.82. The molecule has 1 rings (SSSR count). The maximum Gasteiger partial charge on any atom is 0.307 e. The fourth-order valence-corrected chi connectivity index (χ4v) is 1.22. The highest BCUT2D eigenvalue weighted by molar-refractivity contribution is 5.70. The van der Waals surface area contributed by atoms with Crippen molar-refractivity contribution >= 4 is 5.97 Å². The van der Waals surface area contributed by atoms with Gasteiger partial charge in [0.25, 0.3) is 0 Å². The summed E-state index contributed by atoms with van der Waals surface area (Å²) in [6.07, 6.45) is 0.0694. The van der Waals surface area contributed by atoms with Gasteiger partial charge in [-0.15, -0.1) is 0 Å². The van der Waals surface area contributed by atoms with Gasteiger partial charge in [-0.05, 0) is 18.1 Å². The van der Waals surface area contributed by atoms with Crippen molar-refractivity contribution in [1.82, 2.24) is 0 Å². The number of rotatable bonds is 5. The molecule has 0 unspecified atom stereocenters. The summed E-state index contributed by atoms with van der Waals surface area (Å²) < 4.78 is 5.23. The molecule has 0 saturated carbocycles. The molecule has 14 heavy (non-hydrogen) atoms. The topological polar surface area (TPSA) is 46.5 Å². The molecule has 3 nitrogen and oxygen atoms in total. The Hall–Kier alpha value is -1.35. The van der Waals surface area contributed by atoms with Gasteiger partial charge >= 0.3 is 5.97 Å². The molecule has 1 N–H and O–H groups in total. The number of aliphatic carboxylic acids is 1. The van der Waals surface area contributed by atoms with E-state index in [0.717, 1.165) is 11.1 Å². The van der Waals surface area contributed by atoms with Crippen LogP contribution in [-0.2, 0) is 22.6 Å². The molecule has 76 valence electrons. The molecule has 0 heterocycles. The highest BCUT2D eigenvalue weighted by Gasteiger charge is 2.00. The van der Waals surface area contributed by atoms with Crippen LogP contribution in [0.3, 0.4) is 0 Å². The van der Waals surface area contributed by atoms with Crippen LogP contribution < -0.4 is 0 Å². The number of carboxylic acids is 1. The van der Waals surface area contributed by atoms with E-state index in [1.54, 1.807) is 0 Å². The second kappa shape index (κ2) is 5.40. The summed E-state index contributed by atoms with van der Waals surface area (Å²) in [4.78, 5) is 10.5. The molecular weight excluding hydrogens is 180 g/mol. The number of carboxylic acid groups (broad SMARTS) is 1. The van der Waals surface area contributed by atoms with Crippen LogP contribution in [0.5, 0.6) is 0 Å². The van der Waals surface area contributed by atoms with Crippen molar-refractivity contribution in [2.24, 2.45) is 0 Å². The average Bonchev–Trinajstić information content (AvgIpc) is 2.14. The van der Waals surface area contributed by atoms with E-state index >= 15 is 0 Å². The Bertz CT molecular complexity index is 307. The van der Waals surface area contributed by atoms with Crippen molar-refractivity contribution in [1.29, 1.82) is 0 Å². The Morgan fingerprint density at radius 3 is 2.79 bits per heavy atom. The molecule has 0 spiro atoms. The molecule has 1 aromatic rings. The summed E-state index contributed by atoms with van der Waals surface area (Å²) in [7, 11) is 0. The molecule has 0 fully saturated rings. The van der Waals surface area contributed by atoms with Gasteiger partial charge in [-0.3, -0.25) is 4.79 Å². The summed E-state index contributed by atoms with van der Waals surface area (Å²) >= 11 is 0. The lowest BCUT2D eigenvalue weighted by atomic mass is 10.1. The molecule has 1 aromatic carbocycles. The number of hydrogen-bond acceptors (Lipinski definition) is 2. The second-order valence-electron chi connectivity index (χ2n) is 3.03. The molecule has 0 bridgehead atoms. The highest BCUT2D eigenvalue weighted by atomic mass is 16.5. The van der Waals surface area contributed by atoms with Crippen molar-refractivity contribution in [3.63, 3.8) is 0 Å². The molecular formula is C11H14O3. The molecule has 0 atom stereocenters. The maximum absolute atomic E-state index is 10.5. The first-order valence-electron chi connectivity index (χ1n) is 4.59. The van der Waals surface area contributed by atoms with Crippen LogP contribution in [0.15, 0.2) is 24.3 Å². The molecule has 0 radical (unpaired) electrons. The number of benzene rings is 1.